The first-order valence-electron chi connectivity index (χ1n) is 9.33. The predicted molar refractivity (Wildman–Crippen MR) is 111 cm³/mol. The number of Topliss-reactive ketones (excluding diaryl/α,β-unsaturated/α-hetero) is 1. The highest BCUT2D eigenvalue weighted by Gasteiger charge is 2.46. The average molecular weight is 416 g/mol. The number of benzene rings is 1. The molecule has 2 heterocycles. The molecule has 3 rings (SSSR count). The van der Waals surface area contributed by atoms with Gasteiger partial charge in [-0.3, -0.25) is 9.59 Å². The zero-order valence-electron chi connectivity index (χ0n) is 17.0. The molecular formula is C22H25NO5S. The van der Waals surface area contributed by atoms with Crippen molar-refractivity contribution in [2.24, 2.45) is 5.41 Å². The van der Waals surface area contributed by atoms with E-state index in [1.54, 1.807) is 52.1 Å². The normalized spacial score (nSPS) is 17.0. The van der Waals surface area contributed by atoms with E-state index >= 15 is 0 Å². The van der Waals surface area contributed by atoms with Gasteiger partial charge in [0.15, 0.2) is 11.5 Å². The van der Waals surface area contributed by atoms with Crippen LogP contribution in [-0.4, -0.2) is 42.0 Å². The molecule has 6 nitrogen and oxygen atoms in total. The SMILES string of the molecule is COc1ccc(OCCN2C(=O)C(O)=C(C(=O)C(C)(C)C)C2c2cccs2)cc1. The number of rotatable bonds is 7. The second kappa shape index (κ2) is 8.29. The van der Waals surface area contributed by atoms with Gasteiger partial charge in [0.1, 0.15) is 18.1 Å². The summed E-state index contributed by atoms with van der Waals surface area (Å²) in [5.41, 5.74) is -0.552. The van der Waals surface area contributed by atoms with Crippen LogP contribution in [0.15, 0.2) is 53.1 Å². The van der Waals surface area contributed by atoms with E-state index in [9.17, 15) is 14.7 Å². The second-order valence-corrected chi connectivity index (χ2v) is 8.76. The molecule has 1 atom stereocenters. The first kappa shape index (κ1) is 20.9. The summed E-state index contributed by atoms with van der Waals surface area (Å²) in [4.78, 5) is 28.1. The number of hydrogen-bond acceptors (Lipinski definition) is 6. The Kier molecular flexibility index (Phi) is 5.98. The molecule has 7 heteroatoms. The minimum absolute atomic E-state index is 0.161. The number of ketones is 1. The minimum atomic E-state index is -0.714. The van der Waals surface area contributed by atoms with Gasteiger partial charge in [0.25, 0.3) is 5.91 Å². The van der Waals surface area contributed by atoms with E-state index in [4.69, 9.17) is 9.47 Å². The maximum absolute atomic E-state index is 13.0. The Labute approximate surface area is 174 Å². The number of hydrogen-bond donors (Lipinski definition) is 1. The number of carbonyl (C=O) groups is 2. The number of carbonyl (C=O) groups excluding carboxylic acids is 2. The Bertz CT molecular complexity index is 910. The van der Waals surface area contributed by atoms with E-state index in [1.807, 2.05) is 17.5 Å². The van der Waals surface area contributed by atoms with E-state index in [2.05, 4.69) is 0 Å². The zero-order chi connectivity index (χ0) is 21.2. The highest BCUT2D eigenvalue weighted by molar-refractivity contribution is 7.10. The van der Waals surface area contributed by atoms with Crippen molar-refractivity contribution >= 4 is 23.0 Å². The summed E-state index contributed by atoms with van der Waals surface area (Å²) in [6.07, 6.45) is 0. The lowest BCUT2D eigenvalue weighted by Crippen LogP contribution is -2.35. The standard InChI is InChI=1S/C22H25NO5S/c1-22(2,3)20(25)17-18(16-6-5-13-29-16)23(21(26)19(17)24)11-12-28-15-9-7-14(27-4)8-10-15/h5-10,13,18,24H,11-12H2,1-4H3. The molecule has 154 valence electrons. The number of amides is 1. The molecule has 1 amide bonds. The van der Waals surface area contributed by atoms with Crippen molar-refractivity contribution in [2.75, 3.05) is 20.3 Å². The molecule has 29 heavy (non-hydrogen) atoms. The molecule has 1 aromatic heterocycles. The summed E-state index contributed by atoms with van der Waals surface area (Å²) < 4.78 is 10.9. The van der Waals surface area contributed by atoms with Gasteiger partial charge in [-0.15, -0.1) is 11.3 Å². The molecule has 1 unspecified atom stereocenters. The molecule has 2 aromatic rings. The smallest absolute Gasteiger partial charge is 0.290 e. The molecule has 1 aliphatic rings. The van der Waals surface area contributed by atoms with Crippen molar-refractivity contribution in [1.29, 1.82) is 0 Å². The molecule has 0 saturated heterocycles. The van der Waals surface area contributed by atoms with E-state index in [1.165, 1.54) is 16.2 Å². The third-order valence-corrected chi connectivity index (χ3v) is 5.63. The van der Waals surface area contributed by atoms with E-state index in [0.717, 1.165) is 10.6 Å². The summed E-state index contributed by atoms with van der Waals surface area (Å²) in [5.74, 6) is 0.125. The number of methoxy groups -OCH3 is 1. The number of ether oxygens (including phenoxy) is 2. The molecule has 0 bridgehead atoms. The van der Waals surface area contributed by atoms with Crippen LogP contribution in [0.5, 0.6) is 11.5 Å². The van der Waals surface area contributed by atoms with Crippen molar-refractivity contribution in [3.8, 4) is 11.5 Å². The molecular weight excluding hydrogens is 390 g/mol. The van der Waals surface area contributed by atoms with Gasteiger partial charge in [0, 0.05) is 10.3 Å². The van der Waals surface area contributed by atoms with Crippen LogP contribution in [0.2, 0.25) is 0 Å². The van der Waals surface area contributed by atoms with Crippen molar-refractivity contribution in [2.45, 2.75) is 26.8 Å². The average Bonchev–Trinajstić information content (AvgIpc) is 3.29. The van der Waals surface area contributed by atoms with E-state index < -0.39 is 23.1 Å². The van der Waals surface area contributed by atoms with Crippen LogP contribution in [0.25, 0.3) is 0 Å². The molecule has 1 aromatic carbocycles. The largest absolute Gasteiger partial charge is 0.503 e. The van der Waals surface area contributed by atoms with Crippen LogP contribution in [0.1, 0.15) is 31.7 Å². The maximum Gasteiger partial charge on any atom is 0.290 e. The van der Waals surface area contributed by atoms with Crippen LogP contribution < -0.4 is 9.47 Å². The molecule has 1 aliphatic heterocycles. The lowest BCUT2D eigenvalue weighted by Gasteiger charge is -2.27. The lowest BCUT2D eigenvalue weighted by molar-refractivity contribution is -0.129. The van der Waals surface area contributed by atoms with Gasteiger partial charge in [-0.25, -0.2) is 0 Å². The maximum atomic E-state index is 13.0. The second-order valence-electron chi connectivity index (χ2n) is 7.78. The number of thiophene rings is 1. The third-order valence-electron chi connectivity index (χ3n) is 4.70. The number of nitrogens with zero attached hydrogens (tertiary/aromatic N) is 1. The first-order chi connectivity index (χ1) is 13.7. The van der Waals surface area contributed by atoms with Crippen LogP contribution in [0, 0.1) is 5.41 Å². The van der Waals surface area contributed by atoms with Gasteiger partial charge in [-0.05, 0) is 35.7 Å². The van der Waals surface area contributed by atoms with Crippen LogP contribution >= 0.6 is 11.3 Å². The molecule has 0 radical (unpaired) electrons. The minimum Gasteiger partial charge on any atom is -0.503 e. The van der Waals surface area contributed by atoms with E-state index in [0.29, 0.717) is 5.75 Å². The van der Waals surface area contributed by atoms with Gasteiger partial charge in [-0.2, -0.15) is 0 Å². The van der Waals surface area contributed by atoms with Crippen molar-refractivity contribution in [3.05, 3.63) is 58.0 Å². The summed E-state index contributed by atoms with van der Waals surface area (Å²) in [6.45, 7) is 5.80. The Balaban J connectivity index is 1.80. The monoisotopic (exact) mass is 415 g/mol. The molecule has 0 spiro atoms. The fourth-order valence-electron chi connectivity index (χ4n) is 3.20. The fourth-order valence-corrected chi connectivity index (χ4v) is 4.04. The Morgan fingerprint density at radius 2 is 1.83 bits per heavy atom. The Morgan fingerprint density at radius 3 is 2.38 bits per heavy atom. The Morgan fingerprint density at radius 1 is 1.17 bits per heavy atom. The van der Waals surface area contributed by atoms with Crippen molar-refractivity contribution in [3.63, 3.8) is 0 Å². The van der Waals surface area contributed by atoms with Gasteiger partial charge in [-0.1, -0.05) is 26.8 Å². The molecule has 0 saturated carbocycles. The Hall–Kier alpha value is -2.80. The summed E-state index contributed by atoms with van der Waals surface area (Å²) in [6, 6.07) is 10.3. The quantitative estimate of drug-likeness (QED) is 0.735. The van der Waals surface area contributed by atoms with E-state index in [-0.39, 0.29) is 24.5 Å². The first-order valence-corrected chi connectivity index (χ1v) is 10.2. The molecule has 0 aliphatic carbocycles. The summed E-state index contributed by atoms with van der Waals surface area (Å²) in [7, 11) is 1.59. The van der Waals surface area contributed by atoms with Gasteiger partial charge >= 0.3 is 0 Å². The predicted octanol–water partition coefficient (Wildman–Crippen LogP) is 4.15. The van der Waals surface area contributed by atoms with Crippen molar-refractivity contribution in [1.82, 2.24) is 4.90 Å². The summed E-state index contributed by atoms with van der Waals surface area (Å²) >= 11 is 1.45. The van der Waals surface area contributed by atoms with Crippen LogP contribution in [0.4, 0.5) is 0 Å². The highest BCUT2D eigenvalue weighted by Crippen LogP contribution is 2.42. The molecule has 1 N–H and O–H groups in total. The number of aliphatic hydroxyl groups is 1. The van der Waals surface area contributed by atoms with Crippen molar-refractivity contribution < 1.29 is 24.2 Å². The fraction of sp³-hybridized carbons (Fsp3) is 0.364. The summed E-state index contributed by atoms with van der Waals surface area (Å²) in [5, 5.41) is 12.4. The van der Waals surface area contributed by atoms with Gasteiger partial charge < -0.3 is 19.5 Å². The van der Waals surface area contributed by atoms with Gasteiger partial charge in [0.2, 0.25) is 0 Å². The van der Waals surface area contributed by atoms with Crippen LogP contribution in [0.3, 0.4) is 0 Å². The number of aliphatic hydroxyl groups excluding tert-OH is 1. The zero-order valence-corrected chi connectivity index (χ0v) is 17.8. The molecule has 0 fully saturated rings. The lowest BCUT2D eigenvalue weighted by atomic mass is 9.83. The van der Waals surface area contributed by atoms with Gasteiger partial charge in [0.05, 0.1) is 25.3 Å². The topological polar surface area (TPSA) is 76.1 Å². The van der Waals surface area contributed by atoms with Crippen LogP contribution in [-0.2, 0) is 9.59 Å². The third kappa shape index (κ3) is 4.29. The highest BCUT2D eigenvalue weighted by atomic mass is 32.1.